The minimum Gasteiger partial charge on any atom is -0.481 e. The van der Waals surface area contributed by atoms with Crippen LogP contribution in [0.25, 0.3) is 21.3 Å². The molecule has 3 aromatic carbocycles. The standard InChI is InChI=1S/C26H21FN2O3S/c27-18-10-13-22-23(14-18)33-26(29-22)28-19-11-8-16(9-12-19)15-4-6-17(7-5-15)24(30)20-2-1-3-21(20)25(31)32/h4-14,20-21H,1-3H2,(H,28,29)(H,31,32)/t20-,21?/m0/s1. The Hall–Kier alpha value is -3.58. The number of thiazole rings is 1. The molecule has 1 aliphatic rings. The van der Waals surface area contributed by atoms with Crippen LogP contribution in [0.4, 0.5) is 15.2 Å². The van der Waals surface area contributed by atoms with Gasteiger partial charge in [0.25, 0.3) is 0 Å². The molecule has 7 heteroatoms. The van der Waals surface area contributed by atoms with Gasteiger partial charge < -0.3 is 10.4 Å². The molecule has 0 radical (unpaired) electrons. The van der Waals surface area contributed by atoms with Crippen LogP contribution < -0.4 is 5.32 Å². The molecule has 1 heterocycles. The minimum absolute atomic E-state index is 0.0817. The monoisotopic (exact) mass is 460 g/mol. The minimum atomic E-state index is -0.880. The summed E-state index contributed by atoms with van der Waals surface area (Å²) in [6, 6.07) is 19.7. The molecule has 0 spiro atoms. The van der Waals surface area contributed by atoms with E-state index in [4.69, 9.17) is 0 Å². The lowest BCUT2D eigenvalue weighted by atomic mass is 9.88. The number of hydrogen-bond donors (Lipinski definition) is 2. The lowest BCUT2D eigenvalue weighted by molar-refractivity contribution is -0.142. The summed E-state index contributed by atoms with van der Waals surface area (Å²) >= 11 is 1.39. The smallest absolute Gasteiger partial charge is 0.307 e. The van der Waals surface area contributed by atoms with E-state index in [2.05, 4.69) is 10.3 Å². The first-order chi connectivity index (χ1) is 16.0. The van der Waals surface area contributed by atoms with Gasteiger partial charge in [-0.25, -0.2) is 9.37 Å². The maximum Gasteiger partial charge on any atom is 0.307 e. The highest BCUT2D eigenvalue weighted by molar-refractivity contribution is 7.22. The number of nitrogens with one attached hydrogen (secondary N) is 1. The number of carboxylic acid groups (broad SMARTS) is 1. The Balaban J connectivity index is 1.29. The Labute approximate surface area is 193 Å². The van der Waals surface area contributed by atoms with Crippen molar-refractivity contribution in [2.45, 2.75) is 19.3 Å². The van der Waals surface area contributed by atoms with Crippen LogP contribution in [0.2, 0.25) is 0 Å². The van der Waals surface area contributed by atoms with Crippen molar-refractivity contribution < 1.29 is 19.1 Å². The van der Waals surface area contributed by atoms with Crippen molar-refractivity contribution >= 4 is 44.1 Å². The lowest BCUT2D eigenvalue weighted by Crippen LogP contribution is -2.25. The molecule has 5 rings (SSSR count). The average molecular weight is 461 g/mol. The fourth-order valence-corrected chi connectivity index (χ4v) is 5.34. The first-order valence-electron chi connectivity index (χ1n) is 10.8. The number of carbonyl (C=O) groups excluding carboxylic acids is 1. The molecule has 1 aliphatic carbocycles. The van der Waals surface area contributed by atoms with E-state index in [9.17, 15) is 19.1 Å². The highest BCUT2D eigenvalue weighted by Gasteiger charge is 2.37. The molecule has 1 fully saturated rings. The van der Waals surface area contributed by atoms with E-state index in [-0.39, 0.29) is 11.6 Å². The second kappa shape index (κ2) is 8.75. The molecule has 4 aromatic rings. The number of carboxylic acids is 1. The molecular formula is C26H21FN2O3S. The van der Waals surface area contributed by atoms with Crippen LogP contribution in [-0.4, -0.2) is 21.8 Å². The van der Waals surface area contributed by atoms with E-state index in [1.807, 2.05) is 36.4 Å². The largest absolute Gasteiger partial charge is 0.481 e. The van der Waals surface area contributed by atoms with Gasteiger partial charge in [0.2, 0.25) is 0 Å². The van der Waals surface area contributed by atoms with Gasteiger partial charge in [-0.1, -0.05) is 54.2 Å². The molecule has 0 bridgehead atoms. The highest BCUT2D eigenvalue weighted by atomic mass is 32.1. The summed E-state index contributed by atoms with van der Waals surface area (Å²) in [6.45, 7) is 0. The van der Waals surface area contributed by atoms with Gasteiger partial charge in [0.15, 0.2) is 10.9 Å². The number of aliphatic carboxylic acids is 1. The molecule has 0 amide bonds. The molecule has 0 aliphatic heterocycles. The zero-order chi connectivity index (χ0) is 22.9. The number of ketones is 1. The summed E-state index contributed by atoms with van der Waals surface area (Å²) in [6.07, 6.45) is 1.98. The summed E-state index contributed by atoms with van der Waals surface area (Å²) < 4.78 is 14.2. The molecule has 1 saturated carbocycles. The zero-order valence-corrected chi connectivity index (χ0v) is 18.4. The number of aromatic nitrogens is 1. The van der Waals surface area contributed by atoms with Gasteiger partial charge in [-0.2, -0.15) is 0 Å². The summed E-state index contributed by atoms with van der Waals surface area (Å²) in [5.74, 6) is -2.25. The zero-order valence-electron chi connectivity index (χ0n) is 17.6. The van der Waals surface area contributed by atoms with Gasteiger partial charge in [0, 0.05) is 17.2 Å². The SMILES string of the molecule is O=C(O)C1CCC[C@@H]1C(=O)c1ccc(-c2ccc(Nc3nc4ccc(F)cc4s3)cc2)cc1. The van der Waals surface area contributed by atoms with Crippen LogP contribution in [0.5, 0.6) is 0 Å². The highest BCUT2D eigenvalue weighted by Crippen LogP contribution is 2.35. The van der Waals surface area contributed by atoms with Crippen LogP contribution in [0.1, 0.15) is 29.6 Å². The molecule has 2 atom stereocenters. The van der Waals surface area contributed by atoms with Gasteiger partial charge in [-0.15, -0.1) is 0 Å². The van der Waals surface area contributed by atoms with Crippen molar-refractivity contribution in [2.75, 3.05) is 5.32 Å². The normalized spacial score (nSPS) is 17.8. The predicted molar refractivity (Wildman–Crippen MR) is 128 cm³/mol. The molecule has 1 unspecified atom stereocenters. The third-order valence-electron chi connectivity index (χ3n) is 6.16. The molecule has 5 nitrogen and oxygen atoms in total. The van der Waals surface area contributed by atoms with Gasteiger partial charge in [0.05, 0.1) is 16.1 Å². The van der Waals surface area contributed by atoms with Crippen LogP contribution in [0.3, 0.4) is 0 Å². The van der Waals surface area contributed by atoms with E-state index in [1.165, 1.54) is 23.5 Å². The topological polar surface area (TPSA) is 79.3 Å². The van der Waals surface area contributed by atoms with Gasteiger partial charge in [-0.05, 0) is 54.3 Å². The quantitative estimate of drug-likeness (QED) is 0.320. The number of hydrogen-bond acceptors (Lipinski definition) is 5. The lowest BCUT2D eigenvalue weighted by Gasteiger charge is -2.14. The molecule has 0 saturated heterocycles. The van der Waals surface area contributed by atoms with Gasteiger partial charge >= 0.3 is 5.97 Å². The molecule has 166 valence electrons. The van der Waals surface area contributed by atoms with Crippen LogP contribution in [0.15, 0.2) is 66.7 Å². The maximum absolute atomic E-state index is 13.4. The van der Waals surface area contributed by atoms with Gasteiger partial charge in [-0.3, -0.25) is 9.59 Å². The van der Waals surface area contributed by atoms with Crippen molar-refractivity contribution in [3.63, 3.8) is 0 Å². The fourth-order valence-electron chi connectivity index (χ4n) is 4.43. The van der Waals surface area contributed by atoms with E-state index in [0.29, 0.717) is 23.5 Å². The van der Waals surface area contributed by atoms with E-state index < -0.39 is 17.8 Å². The van der Waals surface area contributed by atoms with Crippen molar-refractivity contribution in [3.05, 3.63) is 78.1 Å². The van der Waals surface area contributed by atoms with Crippen molar-refractivity contribution in [1.82, 2.24) is 4.98 Å². The molecule has 33 heavy (non-hydrogen) atoms. The predicted octanol–water partition coefficient (Wildman–Crippen LogP) is 6.53. The van der Waals surface area contributed by atoms with Crippen molar-refractivity contribution in [3.8, 4) is 11.1 Å². The van der Waals surface area contributed by atoms with Gasteiger partial charge in [0.1, 0.15) is 5.82 Å². The maximum atomic E-state index is 13.4. The summed E-state index contributed by atoms with van der Waals surface area (Å²) in [5, 5.41) is 13.3. The number of benzene rings is 3. The number of anilines is 2. The summed E-state index contributed by atoms with van der Waals surface area (Å²) in [7, 11) is 0. The number of nitrogens with zero attached hydrogens (tertiary/aromatic N) is 1. The number of fused-ring (bicyclic) bond motifs is 1. The fraction of sp³-hybridized carbons (Fsp3) is 0.192. The molecule has 2 N–H and O–H groups in total. The Morgan fingerprint density at radius 3 is 2.30 bits per heavy atom. The number of carbonyl (C=O) groups is 2. The number of halogens is 1. The van der Waals surface area contributed by atoms with Crippen molar-refractivity contribution in [2.24, 2.45) is 11.8 Å². The second-order valence-electron chi connectivity index (χ2n) is 8.26. The van der Waals surface area contributed by atoms with E-state index in [1.54, 1.807) is 18.2 Å². The van der Waals surface area contributed by atoms with Crippen LogP contribution in [0, 0.1) is 17.7 Å². The van der Waals surface area contributed by atoms with E-state index >= 15 is 0 Å². The molecule has 1 aromatic heterocycles. The Kier molecular flexibility index (Phi) is 5.64. The Bertz CT molecular complexity index is 1330. The Morgan fingerprint density at radius 1 is 0.939 bits per heavy atom. The molecular weight excluding hydrogens is 439 g/mol. The average Bonchev–Trinajstić information content (AvgIpc) is 3.46. The van der Waals surface area contributed by atoms with E-state index in [0.717, 1.165) is 33.5 Å². The number of Topliss-reactive ketones (excluding diaryl/α,β-unsaturated/α-hetero) is 1. The van der Waals surface area contributed by atoms with Crippen LogP contribution in [-0.2, 0) is 4.79 Å². The first kappa shape index (κ1) is 21.3. The third kappa shape index (κ3) is 4.36. The number of rotatable bonds is 6. The summed E-state index contributed by atoms with van der Waals surface area (Å²) in [5.41, 5.74) is 4.14. The second-order valence-corrected chi connectivity index (χ2v) is 9.29. The third-order valence-corrected chi connectivity index (χ3v) is 7.09. The van der Waals surface area contributed by atoms with Crippen LogP contribution >= 0.6 is 11.3 Å². The Morgan fingerprint density at radius 2 is 1.61 bits per heavy atom. The first-order valence-corrected chi connectivity index (χ1v) is 11.6. The van der Waals surface area contributed by atoms with Crippen molar-refractivity contribution in [1.29, 1.82) is 0 Å². The summed E-state index contributed by atoms with van der Waals surface area (Å²) in [4.78, 5) is 28.7.